The van der Waals surface area contributed by atoms with E-state index in [2.05, 4.69) is 9.97 Å². The summed E-state index contributed by atoms with van der Waals surface area (Å²) in [5.74, 6) is 0.453. The molecule has 0 atom stereocenters. The van der Waals surface area contributed by atoms with Gasteiger partial charge in [0.1, 0.15) is 0 Å². The van der Waals surface area contributed by atoms with Crippen LogP contribution in [0.5, 0.6) is 0 Å². The Kier molecular flexibility index (Phi) is 1.40. The largest absolute Gasteiger partial charge is 0.369 e. The van der Waals surface area contributed by atoms with Gasteiger partial charge in [-0.15, -0.1) is 0 Å². The average molecular weight is 162 g/mol. The minimum Gasteiger partial charge on any atom is -0.369 e. The number of aromatic nitrogens is 3. The van der Waals surface area contributed by atoms with Crippen molar-refractivity contribution in [2.24, 2.45) is 7.05 Å². The number of hydrogen-bond donors (Lipinski definition) is 2. The van der Waals surface area contributed by atoms with E-state index in [-0.39, 0.29) is 0 Å². The van der Waals surface area contributed by atoms with Gasteiger partial charge in [-0.3, -0.25) is 0 Å². The maximum absolute atomic E-state index is 5.45. The smallest absolute Gasteiger partial charge is 0.197 e. The van der Waals surface area contributed by atoms with Gasteiger partial charge in [0.05, 0.1) is 11.9 Å². The van der Waals surface area contributed by atoms with Crippen LogP contribution in [-0.2, 0) is 7.05 Å². The van der Waals surface area contributed by atoms with Crippen molar-refractivity contribution < 1.29 is 0 Å². The van der Waals surface area contributed by atoms with E-state index in [9.17, 15) is 0 Å². The molecule has 2 aromatic rings. The van der Waals surface area contributed by atoms with Gasteiger partial charge in [0.15, 0.2) is 5.95 Å². The van der Waals surface area contributed by atoms with Crippen LogP contribution in [0.25, 0.3) is 11.3 Å². The molecule has 2 aromatic heterocycles. The number of rotatable bonds is 1. The molecule has 0 fully saturated rings. The van der Waals surface area contributed by atoms with Gasteiger partial charge in [-0.05, 0) is 6.07 Å². The molecule has 0 unspecified atom stereocenters. The van der Waals surface area contributed by atoms with E-state index in [1.54, 1.807) is 6.20 Å². The first-order valence-corrected chi connectivity index (χ1v) is 3.68. The molecule has 0 aliphatic heterocycles. The van der Waals surface area contributed by atoms with Gasteiger partial charge in [0.25, 0.3) is 0 Å². The lowest BCUT2D eigenvalue weighted by molar-refractivity contribution is 0.928. The first kappa shape index (κ1) is 6.97. The standard InChI is InChI=1S/C8H10N4/c1-12-3-2-6(5-12)7-4-10-8(9)11-7/h2-5H,1H3,(H3,9,10,11). The van der Waals surface area contributed by atoms with Crippen molar-refractivity contribution in [3.05, 3.63) is 24.7 Å². The third-order valence-corrected chi connectivity index (χ3v) is 1.74. The van der Waals surface area contributed by atoms with E-state index in [1.807, 2.05) is 30.1 Å². The molecular weight excluding hydrogens is 152 g/mol. The summed E-state index contributed by atoms with van der Waals surface area (Å²) >= 11 is 0. The van der Waals surface area contributed by atoms with E-state index in [1.165, 1.54) is 0 Å². The molecule has 2 heterocycles. The normalized spacial score (nSPS) is 10.4. The van der Waals surface area contributed by atoms with Crippen molar-refractivity contribution in [3.63, 3.8) is 0 Å². The highest BCUT2D eigenvalue weighted by atomic mass is 15.0. The molecule has 0 radical (unpaired) electrons. The summed E-state index contributed by atoms with van der Waals surface area (Å²) in [6.45, 7) is 0. The molecule has 0 aliphatic rings. The molecule has 0 amide bonds. The molecule has 0 aromatic carbocycles. The lowest BCUT2D eigenvalue weighted by Crippen LogP contribution is -1.85. The molecule has 4 heteroatoms. The van der Waals surface area contributed by atoms with Crippen LogP contribution in [0, 0.1) is 0 Å². The summed E-state index contributed by atoms with van der Waals surface area (Å²) in [4.78, 5) is 6.87. The summed E-state index contributed by atoms with van der Waals surface area (Å²) in [5, 5.41) is 0. The number of hydrogen-bond acceptors (Lipinski definition) is 2. The van der Waals surface area contributed by atoms with Gasteiger partial charge in [-0.2, -0.15) is 0 Å². The number of nitrogen functional groups attached to an aromatic ring is 1. The summed E-state index contributed by atoms with van der Waals surface area (Å²) in [6, 6.07) is 2.01. The maximum atomic E-state index is 5.45. The molecule has 3 N–H and O–H groups in total. The predicted octanol–water partition coefficient (Wildman–Crippen LogP) is 0.997. The van der Waals surface area contributed by atoms with Gasteiger partial charge in [-0.1, -0.05) is 0 Å². The third kappa shape index (κ3) is 1.07. The fraction of sp³-hybridized carbons (Fsp3) is 0.125. The Morgan fingerprint density at radius 1 is 1.58 bits per heavy atom. The number of nitrogens with two attached hydrogens (primary N) is 1. The van der Waals surface area contributed by atoms with E-state index < -0.39 is 0 Å². The van der Waals surface area contributed by atoms with Crippen molar-refractivity contribution in [2.75, 3.05) is 5.73 Å². The second kappa shape index (κ2) is 2.41. The van der Waals surface area contributed by atoms with E-state index in [0.29, 0.717) is 5.95 Å². The highest BCUT2D eigenvalue weighted by molar-refractivity contribution is 5.58. The topological polar surface area (TPSA) is 59.6 Å². The van der Waals surface area contributed by atoms with Crippen LogP contribution in [0.3, 0.4) is 0 Å². The number of aromatic amines is 1. The van der Waals surface area contributed by atoms with E-state index >= 15 is 0 Å². The number of H-pyrrole nitrogens is 1. The third-order valence-electron chi connectivity index (χ3n) is 1.74. The quantitative estimate of drug-likeness (QED) is 0.657. The molecule has 0 aliphatic carbocycles. The molecular formula is C8H10N4. The predicted molar refractivity (Wildman–Crippen MR) is 47.4 cm³/mol. The van der Waals surface area contributed by atoms with Crippen LogP contribution in [0.1, 0.15) is 0 Å². The first-order chi connectivity index (χ1) is 5.75. The second-order valence-corrected chi connectivity index (χ2v) is 2.75. The van der Waals surface area contributed by atoms with Gasteiger partial charge in [0.2, 0.25) is 0 Å². The Labute approximate surface area is 70.0 Å². The molecule has 2 rings (SSSR count). The number of nitrogens with one attached hydrogen (secondary N) is 1. The fourth-order valence-electron chi connectivity index (χ4n) is 1.15. The molecule has 0 bridgehead atoms. The molecule has 0 saturated heterocycles. The summed E-state index contributed by atoms with van der Waals surface area (Å²) in [5.41, 5.74) is 7.50. The van der Waals surface area contributed by atoms with Crippen LogP contribution in [0.15, 0.2) is 24.7 Å². The van der Waals surface area contributed by atoms with Gasteiger partial charge >= 0.3 is 0 Å². The van der Waals surface area contributed by atoms with Crippen molar-refractivity contribution in [1.82, 2.24) is 14.5 Å². The highest BCUT2D eigenvalue weighted by Gasteiger charge is 2.00. The minimum absolute atomic E-state index is 0.453. The second-order valence-electron chi connectivity index (χ2n) is 2.75. The molecule has 0 spiro atoms. The van der Waals surface area contributed by atoms with Crippen LogP contribution >= 0.6 is 0 Å². The zero-order chi connectivity index (χ0) is 8.55. The van der Waals surface area contributed by atoms with E-state index in [0.717, 1.165) is 11.3 Å². The maximum Gasteiger partial charge on any atom is 0.197 e. The Bertz CT molecular complexity index is 347. The SMILES string of the molecule is Cn1ccc(-c2cnc(N)[nH]2)c1. The van der Waals surface area contributed by atoms with Crippen molar-refractivity contribution in [1.29, 1.82) is 0 Å². The Morgan fingerprint density at radius 3 is 2.92 bits per heavy atom. The number of nitrogens with zero attached hydrogens (tertiary/aromatic N) is 2. The number of anilines is 1. The van der Waals surface area contributed by atoms with Crippen molar-refractivity contribution >= 4 is 5.95 Å². The van der Waals surface area contributed by atoms with Crippen molar-refractivity contribution in [2.45, 2.75) is 0 Å². The van der Waals surface area contributed by atoms with Crippen LogP contribution in [0.4, 0.5) is 5.95 Å². The molecule has 12 heavy (non-hydrogen) atoms. The number of imidazole rings is 1. The summed E-state index contributed by atoms with van der Waals surface area (Å²) < 4.78 is 1.98. The lowest BCUT2D eigenvalue weighted by atomic mass is 10.3. The van der Waals surface area contributed by atoms with Crippen LogP contribution in [-0.4, -0.2) is 14.5 Å². The van der Waals surface area contributed by atoms with Gasteiger partial charge in [0, 0.05) is 25.0 Å². The highest BCUT2D eigenvalue weighted by Crippen LogP contribution is 2.16. The lowest BCUT2D eigenvalue weighted by Gasteiger charge is -1.89. The van der Waals surface area contributed by atoms with Crippen molar-refractivity contribution in [3.8, 4) is 11.3 Å². The van der Waals surface area contributed by atoms with Crippen LogP contribution < -0.4 is 5.73 Å². The van der Waals surface area contributed by atoms with Gasteiger partial charge in [-0.25, -0.2) is 4.98 Å². The Hall–Kier alpha value is -1.71. The summed E-state index contributed by atoms with van der Waals surface area (Å²) in [6.07, 6.45) is 5.71. The molecule has 4 nitrogen and oxygen atoms in total. The Balaban J connectivity index is 2.43. The summed E-state index contributed by atoms with van der Waals surface area (Å²) in [7, 11) is 1.98. The zero-order valence-electron chi connectivity index (χ0n) is 6.78. The van der Waals surface area contributed by atoms with Gasteiger partial charge < -0.3 is 15.3 Å². The number of aryl methyl sites for hydroxylation is 1. The monoisotopic (exact) mass is 162 g/mol. The minimum atomic E-state index is 0.453. The van der Waals surface area contributed by atoms with Crippen LogP contribution in [0.2, 0.25) is 0 Å². The Morgan fingerprint density at radius 2 is 2.42 bits per heavy atom. The fourth-order valence-corrected chi connectivity index (χ4v) is 1.15. The zero-order valence-corrected chi connectivity index (χ0v) is 6.78. The molecule has 0 saturated carbocycles. The first-order valence-electron chi connectivity index (χ1n) is 3.68. The molecule has 62 valence electrons. The van der Waals surface area contributed by atoms with E-state index in [4.69, 9.17) is 5.73 Å². The average Bonchev–Trinajstić information content (AvgIpc) is 2.58.